The molecule has 172 valence electrons. The molecule has 1 fully saturated rings. The van der Waals surface area contributed by atoms with Crippen molar-refractivity contribution in [3.63, 3.8) is 0 Å². The van der Waals surface area contributed by atoms with Gasteiger partial charge in [-0.25, -0.2) is 4.39 Å². The maximum absolute atomic E-state index is 14.1. The Balaban J connectivity index is 1.24. The van der Waals surface area contributed by atoms with Gasteiger partial charge in [0.25, 0.3) is 11.6 Å². The van der Waals surface area contributed by atoms with E-state index < -0.39 is 10.7 Å². The number of nitro benzene ring substituents is 1. The van der Waals surface area contributed by atoms with Crippen molar-refractivity contribution in [1.82, 2.24) is 15.4 Å². The van der Waals surface area contributed by atoms with Crippen molar-refractivity contribution in [2.24, 2.45) is 5.92 Å². The van der Waals surface area contributed by atoms with Crippen LogP contribution in [0.4, 0.5) is 10.1 Å². The number of nitro groups is 1. The Bertz CT molecular complexity index is 1140. The van der Waals surface area contributed by atoms with Crippen LogP contribution in [-0.2, 0) is 6.54 Å². The summed E-state index contributed by atoms with van der Waals surface area (Å²) in [4.78, 5) is 25.1. The number of aryl methyl sites for hydroxylation is 1. The Morgan fingerprint density at radius 3 is 2.61 bits per heavy atom. The molecule has 0 radical (unpaired) electrons. The fourth-order valence-corrected chi connectivity index (χ4v) is 3.99. The number of benzene rings is 2. The quantitative estimate of drug-likeness (QED) is 0.423. The van der Waals surface area contributed by atoms with Crippen molar-refractivity contribution in [3.8, 4) is 11.3 Å². The fraction of sp³-hybridized carbons (Fsp3) is 0.333. The number of likely N-dealkylation sites (tertiary alicyclic amines) is 1. The minimum absolute atomic E-state index is 0.0939. The third-order valence-electron chi connectivity index (χ3n) is 5.94. The molecule has 1 saturated heterocycles. The topological polar surface area (TPSA) is 102 Å². The molecule has 0 aliphatic carbocycles. The number of carbonyl (C=O) groups excluding carboxylic acids is 1. The summed E-state index contributed by atoms with van der Waals surface area (Å²) in [6, 6.07) is 12.9. The average Bonchev–Trinajstić information content (AvgIpc) is 3.29. The van der Waals surface area contributed by atoms with E-state index in [1.54, 1.807) is 31.2 Å². The maximum atomic E-state index is 14.1. The Labute approximate surface area is 190 Å². The number of aromatic nitrogens is 1. The van der Waals surface area contributed by atoms with Crippen molar-refractivity contribution >= 4 is 11.6 Å². The van der Waals surface area contributed by atoms with Crippen LogP contribution in [0.1, 0.15) is 34.5 Å². The molecule has 1 amide bonds. The van der Waals surface area contributed by atoms with Crippen LogP contribution in [0.3, 0.4) is 0 Å². The third kappa shape index (κ3) is 5.61. The Kier molecular flexibility index (Phi) is 6.79. The van der Waals surface area contributed by atoms with Gasteiger partial charge in [0, 0.05) is 31.3 Å². The summed E-state index contributed by atoms with van der Waals surface area (Å²) in [5, 5.41) is 17.5. The summed E-state index contributed by atoms with van der Waals surface area (Å²) in [5.74, 6) is -0.190. The van der Waals surface area contributed by atoms with Gasteiger partial charge in [0.15, 0.2) is 11.5 Å². The van der Waals surface area contributed by atoms with Crippen molar-refractivity contribution in [1.29, 1.82) is 0 Å². The van der Waals surface area contributed by atoms with Gasteiger partial charge < -0.3 is 9.84 Å². The van der Waals surface area contributed by atoms with Crippen LogP contribution < -0.4 is 5.32 Å². The minimum atomic E-state index is -0.418. The van der Waals surface area contributed by atoms with Crippen LogP contribution in [0.15, 0.2) is 53.1 Å². The number of halogens is 1. The second-order valence-electron chi connectivity index (χ2n) is 8.41. The Morgan fingerprint density at radius 1 is 1.21 bits per heavy atom. The van der Waals surface area contributed by atoms with Gasteiger partial charge in [-0.15, -0.1) is 0 Å². The van der Waals surface area contributed by atoms with Crippen LogP contribution in [0.5, 0.6) is 0 Å². The number of hydrogen-bond donors (Lipinski definition) is 1. The van der Waals surface area contributed by atoms with E-state index in [0.717, 1.165) is 43.6 Å². The molecule has 3 aromatic rings. The molecule has 2 heterocycles. The van der Waals surface area contributed by atoms with Gasteiger partial charge in [0.05, 0.1) is 10.5 Å². The number of non-ortho nitro benzene ring substituents is 1. The van der Waals surface area contributed by atoms with Crippen LogP contribution in [0.2, 0.25) is 0 Å². The van der Waals surface area contributed by atoms with E-state index in [1.807, 2.05) is 0 Å². The first-order valence-electron chi connectivity index (χ1n) is 10.9. The number of hydrogen-bond acceptors (Lipinski definition) is 6. The molecule has 1 aromatic heterocycles. The Morgan fingerprint density at radius 2 is 1.94 bits per heavy atom. The summed E-state index contributed by atoms with van der Waals surface area (Å²) in [5.41, 5.74) is 2.33. The normalized spacial score (nSPS) is 14.8. The molecule has 0 bridgehead atoms. The summed E-state index contributed by atoms with van der Waals surface area (Å²) < 4.78 is 19.3. The zero-order chi connectivity index (χ0) is 23.4. The number of amides is 1. The molecule has 0 spiro atoms. The number of rotatable bonds is 7. The number of nitrogens with zero attached hydrogens (tertiary/aromatic N) is 3. The van der Waals surface area contributed by atoms with Gasteiger partial charge in [-0.05, 0) is 62.0 Å². The van der Waals surface area contributed by atoms with Gasteiger partial charge in [0.1, 0.15) is 5.82 Å². The molecule has 8 nitrogen and oxygen atoms in total. The highest BCUT2D eigenvalue weighted by atomic mass is 19.1. The molecule has 0 atom stereocenters. The van der Waals surface area contributed by atoms with Crippen LogP contribution in [-0.4, -0.2) is 40.5 Å². The summed E-state index contributed by atoms with van der Waals surface area (Å²) in [6.45, 7) is 4.85. The smallest absolute Gasteiger partial charge is 0.273 e. The lowest BCUT2D eigenvalue weighted by molar-refractivity contribution is -0.384. The van der Waals surface area contributed by atoms with Gasteiger partial charge in [-0.3, -0.25) is 19.8 Å². The standard InChI is InChI=1S/C24H25FN4O4/c1-16-2-7-20(21(25)12-16)23-13-22(27-33-23)24(30)26-14-17-8-10-28(11-9-17)15-18-3-5-19(6-4-18)29(31)32/h2-7,12-13,17H,8-11,14-15H2,1H3,(H,26,30). The number of carbonyl (C=O) groups is 1. The lowest BCUT2D eigenvalue weighted by atomic mass is 9.96. The van der Waals surface area contributed by atoms with Gasteiger partial charge >= 0.3 is 0 Å². The zero-order valence-corrected chi connectivity index (χ0v) is 18.3. The van der Waals surface area contributed by atoms with Crippen LogP contribution >= 0.6 is 0 Å². The SMILES string of the molecule is Cc1ccc(-c2cc(C(=O)NCC3CCN(Cc4ccc([N+](=O)[O-])cc4)CC3)no2)c(F)c1. The van der Waals surface area contributed by atoms with E-state index in [9.17, 15) is 19.3 Å². The highest BCUT2D eigenvalue weighted by molar-refractivity contribution is 5.93. The summed E-state index contributed by atoms with van der Waals surface area (Å²) in [6.07, 6.45) is 1.87. The van der Waals surface area contributed by atoms with Crippen molar-refractivity contribution in [2.75, 3.05) is 19.6 Å². The first-order chi connectivity index (χ1) is 15.9. The van der Waals surface area contributed by atoms with E-state index in [0.29, 0.717) is 12.5 Å². The molecule has 2 aromatic carbocycles. The second kappa shape index (κ2) is 9.91. The molecule has 33 heavy (non-hydrogen) atoms. The molecule has 0 unspecified atom stereocenters. The third-order valence-corrected chi connectivity index (χ3v) is 5.94. The summed E-state index contributed by atoms with van der Waals surface area (Å²) >= 11 is 0. The highest BCUT2D eigenvalue weighted by Gasteiger charge is 2.22. The minimum Gasteiger partial charge on any atom is -0.355 e. The van der Waals surface area contributed by atoms with Crippen LogP contribution in [0.25, 0.3) is 11.3 Å². The first-order valence-corrected chi connectivity index (χ1v) is 10.9. The number of piperidine rings is 1. The van der Waals surface area contributed by atoms with E-state index in [-0.39, 0.29) is 28.6 Å². The molecule has 1 N–H and O–H groups in total. The monoisotopic (exact) mass is 452 g/mol. The second-order valence-corrected chi connectivity index (χ2v) is 8.41. The largest absolute Gasteiger partial charge is 0.355 e. The van der Waals surface area contributed by atoms with Crippen LogP contribution in [0, 0.1) is 28.8 Å². The zero-order valence-electron chi connectivity index (χ0n) is 18.3. The van der Waals surface area contributed by atoms with Crippen molar-refractivity contribution in [2.45, 2.75) is 26.3 Å². The maximum Gasteiger partial charge on any atom is 0.273 e. The highest BCUT2D eigenvalue weighted by Crippen LogP contribution is 2.25. The number of nitrogens with one attached hydrogen (secondary N) is 1. The van der Waals surface area contributed by atoms with E-state index >= 15 is 0 Å². The van der Waals surface area contributed by atoms with Crippen molar-refractivity contribution in [3.05, 3.63) is 81.3 Å². The predicted molar refractivity (Wildman–Crippen MR) is 120 cm³/mol. The first kappa shape index (κ1) is 22.6. The lowest BCUT2D eigenvalue weighted by Gasteiger charge is -2.32. The van der Waals surface area contributed by atoms with Gasteiger partial charge in [0.2, 0.25) is 0 Å². The molecule has 1 aliphatic rings. The van der Waals surface area contributed by atoms with E-state index in [2.05, 4.69) is 15.4 Å². The van der Waals surface area contributed by atoms with E-state index in [4.69, 9.17) is 4.52 Å². The predicted octanol–water partition coefficient (Wildman–Crippen LogP) is 4.34. The molecule has 0 saturated carbocycles. The lowest BCUT2D eigenvalue weighted by Crippen LogP contribution is -2.38. The molecule has 9 heteroatoms. The molecule has 1 aliphatic heterocycles. The van der Waals surface area contributed by atoms with E-state index in [1.165, 1.54) is 24.3 Å². The van der Waals surface area contributed by atoms with Gasteiger partial charge in [-0.2, -0.15) is 0 Å². The molecule has 4 rings (SSSR count). The Hall–Kier alpha value is -3.59. The average molecular weight is 452 g/mol. The summed E-state index contributed by atoms with van der Waals surface area (Å²) in [7, 11) is 0. The van der Waals surface area contributed by atoms with Crippen molar-refractivity contribution < 1.29 is 18.6 Å². The molecular formula is C24H25FN4O4. The molecular weight excluding hydrogens is 427 g/mol. The van der Waals surface area contributed by atoms with Gasteiger partial charge in [-0.1, -0.05) is 23.4 Å². The fourth-order valence-electron chi connectivity index (χ4n) is 3.99.